The van der Waals surface area contributed by atoms with E-state index in [0.29, 0.717) is 19.4 Å². The molecule has 0 aliphatic carbocycles. The van der Waals surface area contributed by atoms with Gasteiger partial charge in [-0.2, -0.15) is 0 Å². The predicted octanol–water partition coefficient (Wildman–Crippen LogP) is 2.03. The maximum Gasteiger partial charge on any atom is 0.227 e. The lowest BCUT2D eigenvalue weighted by molar-refractivity contribution is -0.131. The summed E-state index contributed by atoms with van der Waals surface area (Å²) in [7, 11) is 1.59. The maximum absolute atomic E-state index is 12.3. The van der Waals surface area contributed by atoms with Gasteiger partial charge < -0.3 is 20.9 Å². The molecule has 1 amide bonds. The second kappa shape index (κ2) is 9.66. The van der Waals surface area contributed by atoms with Crippen LogP contribution in [0.2, 0.25) is 0 Å². The average molecular weight is 331 g/mol. The quantitative estimate of drug-likeness (QED) is 0.681. The van der Waals surface area contributed by atoms with Gasteiger partial charge in [0.15, 0.2) is 0 Å². The van der Waals surface area contributed by atoms with E-state index in [1.165, 1.54) is 0 Å². The molecule has 1 aromatic carbocycles. The summed E-state index contributed by atoms with van der Waals surface area (Å²) in [4.78, 5) is 12.3. The Morgan fingerprint density at radius 2 is 1.86 bits per heavy atom. The molecule has 0 radical (unpaired) electrons. The fourth-order valence-corrected chi connectivity index (χ4v) is 2.27. The molecule has 1 rings (SSSR count). The van der Waals surface area contributed by atoms with E-state index in [0.717, 1.165) is 11.3 Å². The van der Waals surface area contributed by atoms with E-state index in [1.807, 2.05) is 13.8 Å². The highest BCUT2D eigenvalue weighted by Crippen LogP contribution is 2.25. The van der Waals surface area contributed by atoms with Crippen molar-refractivity contribution in [3.8, 4) is 5.75 Å². The SMILES string of the molecule is CCC(CC)(CN)C(=O)NCC(O)c1ccc(OC)cc1.Cl. The summed E-state index contributed by atoms with van der Waals surface area (Å²) in [5.41, 5.74) is 5.94. The van der Waals surface area contributed by atoms with Crippen molar-refractivity contribution in [2.75, 3.05) is 20.2 Å². The van der Waals surface area contributed by atoms with Crippen LogP contribution in [-0.4, -0.2) is 31.2 Å². The highest BCUT2D eigenvalue weighted by Gasteiger charge is 2.33. The fourth-order valence-electron chi connectivity index (χ4n) is 2.27. The molecule has 5 nitrogen and oxygen atoms in total. The van der Waals surface area contributed by atoms with Crippen molar-refractivity contribution in [1.29, 1.82) is 0 Å². The smallest absolute Gasteiger partial charge is 0.227 e. The number of halogens is 1. The van der Waals surface area contributed by atoms with Crippen molar-refractivity contribution in [3.63, 3.8) is 0 Å². The van der Waals surface area contributed by atoms with Gasteiger partial charge in [-0.25, -0.2) is 0 Å². The van der Waals surface area contributed by atoms with Crippen molar-refractivity contribution in [2.45, 2.75) is 32.8 Å². The Morgan fingerprint density at radius 3 is 2.27 bits per heavy atom. The topological polar surface area (TPSA) is 84.6 Å². The van der Waals surface area contributed by atoms with Crippen LogP contribution in [0.5, 0.6) is 5.75 Å². The molecule has 0 heterocycles. The number of carbonyl (C=O) groups is 1. The minimum absolute atomic E-state index is 0. The zero-order valence-corrected chi connectivity index (χ0v) is 14.3. The molecule has 0 fully saturated rings. The Bertz CT molecular complexity index is 439. The molecule has 1 aromatic rings. The van der Waals surface area contributed by atoms with Crippen LogP contribution in [0.25, 0.3) is 0 Å². The summed E-state index contributed by atoms with van der Waals surface area (Å²) in [5.74, 6) is 0.636. The molecule has 4 N–H and O–H groups in total. The number of hydrogen-bond acceptors (Lipinski definition) is 4. The molecule has 126 valence electrons. The number of nitrogens with two attached hydrogens (primary N) is 1. The van der Waals surface area contributed by atoms with Gasteiger partial charge in [0.1, 0.15) is 5.75 Å². The van der Waals surface area contributed by atoms with Crippen LogP contribution in [0.15, 0.2) is 24.3 Å². The second-order valence-electron chi connectivity index (χ2n) is 5.19. The largest absolute Gasteiger partial charge is 0.497 e. The highest BCUT2D eigenvalue weighted by molar-refractivity contribution is 5.85. The van der Waals surface area contributed by atoms with Crippen molar-refractivity contribution >= 4 is 18.3 Å². The third-order valence-corrected chi connectivity index (χ3v) is 4.18. The summed E-state index contributed by atoms with van der Waals surface area (Å²) >= 11 is 0. The van der Waals surface area contributed by atoms with E-state index in [9.17, 15) is 9.90 Å². The summed E-state index contributed by atoms with van der Waals surface area (Å²) < 4.78 is 5.07. The van der Waals surface area contributed by atoms with E-state index in [4.69, 9.17) is 10.5 Å². The first kappa shape index (κ1) is 20.7. The molecule has 0 bridgehead atoms. The third-order valence-electron chi connectivity index (χ3n) is 4.18. The molecule has 0 aliphatic heterocycles. The van der Waals surface area contributed by atoms with Crippen LogP contribution in [0.1, 0.15) is 38.4 Å². The number of aliphatic hydroxyl groups excluding tert-OH is 1. The molecule has 0 saturated carbocycles. The first-order valence-electron chi connectivity index (χ1n) is 7.33. The van der Waals surface area contributed by atoms with Crippen LogP contribution < -0.4 is 15.8 Å². The minimum atomic E-state index is -0.746. The van der Waals surface area contributed by atoms with Crippen molar-refractivity contribution in [3.05, 3.63) is 29.8 Å². The normalized spacial score (nSPS) is 12.2. The monoisotopic (exact) mass is 330 g/mol. The lowest BCUT2D eigenvalue weighted by Gasteiger charge is -2.29. The summed E-state index contributed by atoms with van der Waals surface area (Å²) in [5, 5.41) is 12.9. The number of carbonyl (C=O) groups excluding carboxylic acids is 1. The number of hydrogen-bond donors (Lipinski definition) is 3. The van der Waals surface area contributed by atoms with Gasteiger partial charge in [-0.3, -0.25) is 4.79 Å². The number of rotatable bonds is 8. The standard InChI is InChI=1S/C16H26N2O3.ClH/c1-4-16(5-2,11-17)15(20)18-10-14(19)12-6-8-13(21-3)9-7-12;/h6-9,14,19H,4-5,10-11,17H2,1-3H3,(H,18,20);1H. The Balaban J connectivity index is 0.00000441. The lowest BCUT2D eigenvalue weighted by Crippen LogP contribution is -2.46. The molecule has 6 heteroatoms. The number of benzene rings is 1. The number of methoxy groups -OCH3 is 1. The van der Waals surface area contributed by atoms with Gasteiger partial charge in [-0.05, 0) is 30.5 Å². The van der Waals surface area contributed by atoms with Crippen LogP contribution >= 0.6 is 12.4 Å². The van der Waals surface area contributed by atoms with Gasteiger partial charge in [0.2, 0.25) is 5.91 Å². The van der Waals surface area contributed by atoms with E-state index >= 15 is 0 Å². The fraction of sp³-hybridized carbons (Fsp3) is 0.562. The van der Waals surface area contributed by atoms with Crippen LogP contribution in [-0.2, 0) is 4.79 Å². The molecule has 1 atom stereocenters. The Hall–Kier alpha value is -1.30. The predicted molar refractivity (Wildman–Crippen MR) is 90.3 cm³/mol. The lowest BCUT2D eigenvalue weighted by atomic mass is 9.81. The Kier molecular flexibility index (Phi) is 9.09. The number of amides is 1. The molecule has 0 spiro atoms. The second-order valence-corrected chi connectivity index (χ2v) is 5.19. The van der Waals surface area contributed by atoms with Crippen LogP contribution in [0.3, 0.4) is 0 Å². The number of nitrogens with one attached hydrogen (secondary N) is 1. The first-order valence-corrected chi connectivity index (χ1v) is 7.33. The number of aliphatic hydroxyl groups is 1. The summed E-state index contributed by atoms with van der Waals surface area (Å²) in [6.45, 7) is 4.39. The molecule has 0 saturated heterocycles. The van der Waals surface area contributed by atoms with Gasteiger partial charge in [-0.1, -0.05) is 26.0 Å². The van der Waals surface area contributed by atoms with Gasteiger partial charge in [0, 0.05) is 13.1 Å². The van der Waals surface area contributed by atoms with E-state index in [2.05, 4.69) is 5.32 Å². The van der Waals surface area contributed by atoms with Crippen molar-refractivity contribution in [2.24, 2.45) is 11.1 Å². The van der Waals surface area contributed by atoms with E-state index in [1.54, 1.807) is 31.4 Å². The Morgan fingerprint density at radius 1 is 1.32 bits per heavy atom. The van der Waals surface area contributed by atoms with Gasteiger partial charge in [-0.15, -0.1) is 12.4 Å². The highest BCUT2D eigenvalue weighted by atomic mass is 35.5. The van der Waals surface area contributed by atoms with Crippen molar-refractivity contribution in [1.82, 2.24) is 5.32 Å². The van der Waals surface area contributed by atoms with Gasteiger partial charge in [0.25, 0.3) is 0 Å². The third kappa shape index (κ3) is 4.87. The van der Waals surface area contributed by atoms with Crippen LogP contribution in [0.4, 0.5) is 0 Å². The summed E-state index contributed by atoms with van der Waals surface area (Å²) in [6, 6.07) is 7.13. The van der Waals surface area contributed by atoms with Gasteiger partial charge >= 0.3 is 0 Å². The molecule has 1 unspecified atom stereocenters. The average Bonchev–Trinajstić information content (AvgIpc) is 2.54. The van der Waals surface area contributed by atoms with Crippen LogP contribution in [0, 0.1) is 5.41 Å². The Labute approximate surface area is 138 Å². The van der Waals surface area contributed by atoms with E-state index < -0.39 is 11.5 Å². The molecule has 0 aliphatic rings. The van der Waals surface area contributed by atoms with E-state index in [-0.39, 0.29) is 24.9 Å². The minimum Gasteiger partial charge on any atom is -0.497 e. The molecular formula is C16H27ClN2O3. The first-order chi connectivity index (χ1) is 10.0. The van der Waals surface area contributed by atoms with Gasteiger partial charge in [0.05, 0.1) is 18.6 Å². The zero-order chi connectivity index (χ0) is 15.9. The number of ether oxygens (including phenoxy) is 1. The van der Waals surface area contributed by atoms with Crippen molar-refractivity contribution < 1.29 is 14.6 Å². The molecule has 0 aromatic heterocycles. The molecular weight excluding hydrogens is 304 g/mol. The summed E-state index contributed by atoms with van der Waals surface area (Å²) in [6.07, 6.45) is 0.624. The molecule has 22 heavy (non-hydrogen) atoms. The maximum atomic E-state index is 12.3. The zero-order valence-electron chi connectivity index (χ0n) is 13.5.